The number of benzene rings is 1. The van der Waals surface area contributed by atoms with E-state index in [4.69, 9.17) is 0 Å². The first-order valence-electron chi connectivity index (χ1n) is 4.55. The Kier molecular flexibility index (Phi) is 3.39. The van der Waals surface area contributed by atoms with Crippen molar-refractivity contribution in [2.75, 3.05) is 0 Å². The summed E-state index contributed by atoms with van der Waals surface area (Å²) in [6, 6.07) is 3.16. The lowest BCUT2D eigenvalue weighted by atomic mass is 10.2. The van der Waals surface area contributed by atoms with Crippen molar-refractivity contribution in [1.82, 2.24) is 15.0 Å². The first kappa shape index (κ1) is 11.7. The second kappa shape index (κ2) is 4.63. The zero-order chi connectivity index (χ0) is 11.7. The van der Waals surface area contributed by atoms with Crippen molar-refractivity contribution < 1.29 is 4.39 Å². The van der Waals surface area contributed by atoms with E-state index in [0.29, 0.717) is 9.80 Å². The van der Waals surface area contributed by atoms with Gasteiger partial charge in [0.05, 0.1) is 22.1 Å². The van der Waals surface area contributed by atoms with E-state index in [1.165, 1.54) is 6.07 Å². The van der Waals surface area contributed by atoms with Crippen LogP contribution in [0, 0.1) is 12.7 Å². The highest BCUT2D eigenvalue weighted by molar-refractivity contribution is 9.10. The summed E-state index contributed by atoms with van der Waals surface area (Å²) in [5.74, 6) is -0.276. The molecule has 1 aromatic heterocycles. The minimum absolute atomic E-state index is 0.276. The molecule has 2 aromatic rings. The van der Waals surface area contributed by atoms with Crippen LogP contribution in [0.2, 0.25) is 0 Å². The average molecular weight is 349 g/mol. The summed E-state index contributed by atoms with van der Waals surface area (Å²) in [5.41, 5.74) is 2.46. The van der Waals surface area contributed by atoms with Crippen molar-refractivity contribution in [1.29, 1.82) is 0 Å². The van der Waals surface area contributed by atoms with Gasteiger partial charge in [-0.15, -0.1) is 5.10 Å². The molecule has 84 valence electrons. The molecule has 0 fully saturated rings. The Labute approximate surface area is 109 Å². The van der Waals surface area contributed by atoms with Crippen molar-refractivity contribution in [2.24, 2.45) is 0 Å². The molecule has 0 saturated carbocycles. The molecule has 0 bridgehead atoms. The Morgan fingerprint density at radius 1 is 1.44 bits per heavy atom. The van der Waals surface area contributed by atoms with E-state index >= 15 is 0 Å². The molecule has 2 rings (SSSR count). The van der Waals surface area contributed by atoms with Crippen LogP contribution in [0.4, 0.5) is 4.39 Å². The highest BCUT2D eigenvalue weighted by atomic mass is 79.9. The molecule has 0 aliphatic rings. The van der Waals surface area contributed by atoms with Crippen LogP contribution in [0.25, 0.3) is 5.69 Å². The molecule has 1 heterocycles. The molecule has 3 nitrogen and oxygen atoms in total. The summed E-state index contributed by atoms with van der Waals surface area (Å²) in [6.45, 7) is 1.83. The minimum Gasteiger partial charge on any atom is -0.220 e. The van der Waals surface area contributed by atoms with E-state index in [2.05, 4.69) is 42.2 Å². The molecule has 6 heteroatoms. The topological polar surface area (TPSA) is 30.7 Å². The quantitative estimate of drug-likeness (QED) is 0.779. The van der Waals surface area contributed by atoms with Crippen LogP contribution in [0.3, 0.4) is 0 Å². The fourth-order valence-corrected chi connectivity index (χ4v) is 1.95. The van der Waals surface area contributed by atoms with Gasteiger partial charge in [0.25, 0.3) is 0 Å². The van der Waals surface area contributed by atoms with Crippen molar-refractivity contribution in [3.63, 3.8) is 0 Å². The number of aryl methyl sites for hydroxylation is 1. The summed E-state index contributed by atoms with van der Waals surface area (Å²) in [6.07, 6.45) is 1.81. The largest absolute Gasteiger partial charge is 0.220 e. The first-order valence-corrected chi connectivity index (χ1v) is 6.46. The van der Waals surface area contributed by atoms with Crippen LogP contribution < -0.4 is 0 Å². The van der Waals surface area contributed by atoms with Gasteiger partial charge in [-0.05, 0) is 40.5 Å². The predicted octanol–water partition coefficient (Wildman–Crippen LogP) is 3.37. The van der Waals surface area contributed by atoms with Gasteiger partial charge in [0.2, 0.25) is 0 Å². The van der Waals surface area contributed by atoms with Crippen LogP contribution in [0.15, 0.2) is 22.8 Å². The Morgan fingerprint density at radius 3 is 2.81 bits per heavy atom. The summed E-state index contributed by atoms with van der Waals surface area (Å²) < 4.78 is 15.3. The molecule has 0 aliphatic heterocycles. The number of halogens is 3. The average Bonchev–Trinajstić information content (AvgIpc) is 2.71. The lowest BCUT2D eigenvalue weighted by Gasteiger charge is -2.06. The normalized spacial score (nSPS) is 10.8. The van der Waals surface area contributed by atoms with Gasteiger partial charge in [0.1, 0.15) is 5.82 Å². The predicted molar refractivity (Wildman–Crippen MR) is 66.4 cm³/mol. The van der Waals surface area contributed by atoms with E-state index in [-0.39, 0.29) is 5.82 Å². The van der Waals surface area contributed by atoms with Crippen LogP contribution in [0.1, 0.15) is 11.3 Å². The van der Waals surface area contributed by atoms with Crippen molar-refractivity contribution in [3.05, 3.63) is 39.9 Å². The molecule has 0 N–H and O–H groups in total. The van der Waals surface area contributed by atoms with Crippen molar-refractivity contribution in [2.45, 2.75) is 12.3 Å². The number of aromatic nitrogens is 3. The molecule has 0 amide bonds. The van der Waals surface area contributed by atoms with Gasteiger partial charge < -0.3 is 0 Å². The fraction of sp³-hybridized carbons (Fsp3) is 0.200. The van der Waals surface area contributed by atoms with Crippen molar-refractivity contribution >= 4 is 31.9 Å². The number of hydrogen-bond acceptors (Lipinski definition) is 2. The van der Waals surface area contributed by atoms with Gasteiger partial charge in [0, 0.05) is 5.33 Å². The molecule has 0 radical (unpaired) electrons. The maximum atomic E-state index is 13.2. The number of nitrogens with zero attached hydrogens (tertiary/aromatic N) is 3. The number of hydrogen-bond donors (Lipinski definition) is 0. The zero-order valence-electron chi connectivity index (χ0n) is 8.41. The van der Waals surface area contributed by atoms with E-state index in [9.17, 15) is 4.39 Å². The van der Waals surface area contributed by atoms with E-state index in [1.54, 1.807) is 16.9 Å². The highest BCUT2D eigenvalue weighted by Crippen LogP contribution is 2.23. The van der Waals surface area contributed by atoms with Gasteiger partial charge in [-0.2, -0.15) is 0 Å². The molecular weight excluding hydrogens is 341 g/mol. The van der Waals surface area contributed by atoms with Crippen molar-refractivity contribution in [3.8, 4) is 5.69 Å². The van der Waals surface area contributed by atoms with Crippen LogP contribution in [0.5, 0.6) is 0 Å². The Morgan fingerprint density at radius 2 is 2.19 bits per heavy atom. The molecule has 0 spiro atoms. The van der Waals surface area contributed by atoms with Gasteiger partial charge in [-0.1, -0.05) is 21.1 Å². The highest BCUT2D eigenvalue weighted by Gasteiger charge is 2.08. The molecule has 16 heavy (non-hydrogen) atoms. The summed E-state index contributed by atoms with van der Waals surface area (Å²) in [7, 11) is 0. The number of rotatable bonds is 2. The molecule has 0 aliphatic carbocycles. The third kappa shape index (κ3) is 2.17. The molecular formula is C10H8Br2FN3. The van der Waals surface area contributed by atoms with Gasteiger partial charge in [-0.25, -0.2) is 9.07 Å². The fourth-order valence-electron chi connectivity index (χ4n) is 1.36. The lowest BCUT2D eigenvalue weighted by Crippen LogP contribution is -1.99. The zero-order valence-corrected chi connectivity index (χ0v) is 11.6. The third-order valence-corrected chi connectivity index (χ3v) is 3.35. The Bertz CT molecular complexity index is 525. The minimum atomic E-state index is -0.276. The van der Waals surface area contributed by atoms with Gasteiger partial charge >= 0.3 is 0 Å². The van der Waals surface area contributed by atoms with Crippen LogP contribution >= 0.6 is 31.9 Å². The van der Waals surface area contributed by atoms with Gasteiger partial charge in [-0.3, -0.25) is 0 Å². The standard InChI is InChI=1S/C10H8Br2FN3/c1-6-2-9(13)8(12)3-10(6)16-5-7(4-11)14-15-16/h2-3,5H,4H2,1H3. The summed E-state index contributed by atoms with van der Waals surface area (Å²) in [4.78, 5) is 0. The lowest BCUT2D eigenvalue weighted by molar-refractivity contribution is 0.618. The van der Waals surface area contributed by atoms with E-state index in [0.717, 1.165) is 16.9 Å². The SMILES string of the molecule is Cc1cc(F)c(Br)cc1-n1cc(CBr)nn1. The summed E-state index contributed by atoms with van der Waals surface area (Å²) >= 11 is 6.46. The maximum Gasteiger partial charge on any atom is 0.137 e. The van der Waals surface area contributed by atoms with E-state index in [1.807, 2.05) is 6.92 Å². The van der Waals surface area contributed by atoms with Crippen LogP contribution in [-0.4, -0.2) is 15.0 Å². The second-order valence-electron chi connectivity index (χ2n) is 3.34. The van der Waals surface area contributed by atoms with Crippen LogP contribution in [-0.2, 0) is 5.33 Å². The van der Waals surface area contributed by atoms with E-state index < -0.39 is 0 Å². The maximum absolute atomic E-state index is 13.2. The first-order chi connectivity index (χ1) is 7.61. The number of alkyl halides is 1. The molecule has 1 aromatic carbocycles. The summed E-state index contributed by atoms with van der Waals surface area (Å²) in [5, 5.41) is 8.59. The third-order valence-electron chi connectivity index (χ3n) is 2.16. The Hall–Kier alpha value is -0.750. The second-order valence-corrected chi connectivity index (χ2v) is 4.76. The molecule has 0 unspecified atom stereocenters. The monoisotopic (exact) mass is 347 g/mol. The van der Waals surface area contributed by atoms with Gasteiger partial charge in [0.15, 0.2) is 0 Å². The Balaban J connectivity index is 2.51. The molecule has 0 atom stereocenters. The molecule has 0 saturated heterocycles. The smallest absolute Gasteiger partial charge is 0.137 e.